The molecule has 1 fully saturated rings. The van der Waals surface area contributed by atoms with Crippen LogP contribution in [0.25, 0.3) is 0 Å². The van der Waals surface area contributed by atoms with E-state index in [0.717, 1.165) is 24.3 Å². The van der Waals surface area contributed by atoms with Crippen LogP contribution in [-0.2, 0) is 11.2 Å². The molecular weight excluding hydrogens is 220 g/mol. The zero-order valence-electron chi connectivity index (χ0n) is 9.82. The Balaban J connectivity index is 2.11. The van der Waals surface area contributed by atoms with Gasteiger partial charge in [0.15, 0.2) is 0 Å². The van der Waals surface area contributed by atoms with E-state index >= 15 is 0 Å². The van der Waals surface area contributed by atoms with Gasteiger partial charge in [-0.3, -0.25) is 4.79 Å². The van der Waals surface area contributed by atoms with Gasteiger partial charge in [-0.05, 0) is 18.8 Å². The van der Waals surface area contributed by atoms with Crippen molar-refractivity contribution < 1.29 is 4.79 Å². The number of carbonyl (C=O) groups excluding carboxylic acids is 1. The first-order chi connectivity index (χ1) is 7.60. The molecule has 1 aromatic rings. The van der Waals surface area contributed by atoms with E-state index in [9.17, 15) is 4.79 Å². The van der Waals surface area contributed by atoms with Crippen LogP contribution >= 0.6 is 11.3 Å². The molecule has 2 rings (SSSR count). The van der Waals surface area contributed by atoms with Gasteiger partial charge in [-0.1, -0.05) is 13.8 Å². The summed E-state index contributed by atoms with van der Waals surface area (Å²) in [5.41, 5.74) is -0.0386. The van der Waals surface area contributed by atoms with Crippen molar-refractivity contribution in [1.29, 1.82) is 0 Å². The molecule has 1 aliphatic rings. The standard InChI is InChI=1S/C12H18N2OS/c1-9(2)7-12(4-3-10(15)14-12)8-11-13-5-6-16-11/h5-6,9H,3-4,7-8H2,1-2H3,(H,14,15). The third kappa shape index (κ3) is 2.61. The second-order valence-corrected chi connectivity index (χ2v) is 6.01. The van der Waals surface area contributed by atoms with Crippen molar-refractivity contribution in [2.75, 3.05) is 0 Å². The van der Waals surface area contributed by atoms with Gasteiger partial charge in [0.25, 0.3) is 0 Å². The molecule has 1 aliphatic heterocycles. The van der Waals surface area contributed by atoms with Crippen LogP contribution in [0.2, 0.25) is 0 Å². The lowest BCUT2D eigenvalue weighted by Crippen LogP contribution is -2.44. The van der Waals surface area contributed by atoms with Gasteiger partial charge in [0.1, 0.15) is 0 Å². The van der Waals surface area contributed by atoms with Crippen LogP contribution in [0.5, 0.6) is 0 Å². The zero-order valence-corrected chi connectivity index (χ0v) is 10.6. The average Bonchev–Trinajstić information content (AvgIpc) is 2.76. The van der Waals surface area contributed by atoms with Crippen LogP contribution < -0.4 is 5.32 Å². The van der Waals surface area contributed by atoms with E-state index in [1.807, 2.05) is 11.6 Å². The Morgan fingerprint density at radius 1 is 1.62 bits per heavy atom. The van der Waals surface area contributed by atoms with E-state index in [-0.39, 0.29) is 11.4 Å². The first-order valence-electron chi connectivity index (χ1n) is 5.79. The second kappa shape index (κ2) is 4.53. The first kappa shape index (κ1) is 11.6. The lowest BCUT2D eigenvalue weighted by atomic mass is 9.85. The van der Waals surface area contributed by atoms with E-state index in [4.69, 9.17) is 0 Å². The minimum atomic E-state index is -0.0386. The predicted molar refractivity (Wildman–Crippen MR) is 65.4 cm³/mol. The van der Waals surface area contributed by atoms with Gasteiger partial charge in [0.05, 0.1) is 5.01 Å². The highest BCUT2D eigenvalue weighted by atomic mass is 32.1. The Hall–Kier alpha value is -0.900. The Kier molecular flexibility index (Phi) is 3.28. The van der Waals surface area contributed by atoms with Gasteiger partial charge in [-0.15, -0.1) is 11.3 Å². The van der Waals surface area contributed by atoms with E-state index in [0.29, 0.717) is 12.3 Å². The van der Waals surface area contributed by atoms with Crippen LogP contribution in [0.4, 0.5) is 0 Å². The third-order valence-corrected chi connectivity index (χ3v) is 3.79. The summed E-state index contributed by atoms with van der Waals surface area (Å²) in [6.45, 7) is 4.40. The van der Waals surface area contributed by atoms with Crippen molar-refractivity contribution >= 4 is 17.2 Å². The van der Waals surface area contributed by atoms with E-state index in [2.05, 4.69) is 24.1 Å². The number of hydrogen-bond donors (Lipinski definition) is 1. The van der Waals surface area contributed by atoms with Crippen LogP contribution in [-0.4, -0.2) is 16.4 Å². The molecule has 4 heteroatoms. The summed E-state index contributed by atoms with van der Waals surface area (Å²) < 4.78 is 0. The molecule has 0 aliphatic carbocycles. The third-order valence-electron chi connectivity index (χ3n) is 3.01. The summed E-state index contributed by atoms with van der Waals surface area (Å²) in [4.78, 5) is 15.8. The van der Waals surface area contributed by atoms with Crippen LogP contribution in [0.1, 0.15) is 38.1 Å². The van der Waals surface area contributed by atoms with Crippen LogP contribution in [0.3, 0.4) is 0 Å². The molecule has 1 atom stereocenters. The van der Waals surface area contributed by atoms with Crippen molar-refractivity contribution in [3.05, 3.63) is 16.6 Å². The van der Waals surface area contributed by atoms with Crippen molar-refractivity contribution in [2.45, 2.75) is 45.1 Å². The Labute approximate surface area is 100 Å². The molecule has 0 radical (unpaired) electrons. The largest absolute Gasteiger partial charge is 0.350 e. The summed E-state index contributed by atoms with van der Waals surface area (Å²) in [5, 5.41) is 6.29. The number of aromatic nitrogens is 1. The number of carbonyl (C=O) groups is 1. The maximum absolute atomic E-state index is 11.4. The van der Waals surface area contributed by atoms with Crippen LogP contribution in [0, 0.1) is 5.92 Å². The topological polar surface area (TPSA) is 42.0 Å². The number of nitrogens with one attached hydrogen (secondary N) is 1. The highest BCUT2D eigenvalue weighted by Crippen LogP contribution is 2.31. The Morgan fingerprint density at radius 3 is 2.94 bits per heavy atom. The van der Waals surface area contributed by atoms with Gasteiger partial charge in [0, 0.05) is 30.0 Å². The van der Waals surface area contributed by atoms with Gasteiger partial charge in [-0.2, -0.15) is 0 Å². The molecular formula is C12H18N2OS. The molecule has 1 unspecified atom stereocenters. The van der Waals surface area contributed by atoms with Crippen LogP contribution in [0.15, 0.2) is 11.6 Å². The van der Waals surface area contributed by atoms with Gasteiger partial charge in [0.2, 0.25) is 5.91 Å². The smallest absolute Gasteiger partial charge is 0.220 e. The summed E-state index contributed by atoms with van der Waals surface area (Å²) in [6.07, 6.45) is 5.37. The van der Waals surface area contributed by atoms with Crippen molar-refractivity contribution in [3.63, 3.8) is 0 Å². The van der Waals surface area contributed by atoms with Gasteiger partial charge in [-0.25, -0.2) is 4.98 Å². The highest BCUT2D eigenvalue weighted by Gasteiger charge is 2.38. The molecule has 0 aromatic carbocycles. The van der Waals surface area contributed by atoms with E-state index < -0.39 is 0 Å². The summed E-state index contributed by atoms with van der Waals surface area (Å²) in [5.74, 6) is 0.788. The number of thiazole rings is 1. The summed E-state index contributed by atoms with van der Waals surface area (Å²) in [7, 11) is 0. The SMILES string of the molecule is CC(C)CC1(Cc2nccs2)CCC(=O)N1. The molecule has 0 bridgehead atoms. The molecule has 1 saturated heterocycles. The number of amides is 1. The molecule has 1 aromatic heterocycles. The van der Waals surface area contributed by atoms with Gasteiger partial charge >= 0.3 is 0 Å². The fourth-order valence-corrected chi connectivity index (χ4v) is 3.30. The number of hydrogen-bond acceptors (Lipinski definition) is 3. The monoisotopic (exact) mass is 238 g/mol. The Morgan fingerprint density at radius 2 is 2.44 bits per heavy atom. The average molecular weight is 238 g/mol. The summed E-state index contributed by atoms with van der Waals surface area (Å²) in [6, 6.07) is 0. The van der Waals surface area contributed by atoms with Crippen molar-refractivity contribution in [1.82, 2.24) is 10.3 Å². The molecule has 0 spiro atoms. The molecule has 0 saturated carbocycles. The van der Waals surface area contributed by atoms with Crippen molar-refractivity contribution in [2.24, 2.45) is 5.92 Å². The number of rotatable bonds is 4. The fraction of sp³-hybridized carbons (Fsp3) is 0.667. The molecule has 1 N–H and O–H groups in total. The fourth-order valence-electron chi connectivity index (χ4n) is 2.54. The summed E-state index contributed by atoms with van der Waals surface area (Å²) >= 11 is 1.67. The maximum atomic E-state index is 11.4. The molecule has 2 heterocycles. The minimum Gasteiger partial charge on any atom is -0.350 e. The molecule has 3 nitrogen and oxygen atoms in total. The number of nitrogens with zero attached hydrogens (tertiary/aromatic N) is 1. The van der Waals surface area contributed by atoms with Crippen molar-refractivity contribution in [3.8, 4) is 0 Å². The normalized spacial score (nSPS) is 25.1. The highest BCUT2D eigenvalue weighted by molar-refractivity contribution is 7.09. The Bertz CT molecular complexity index is 361. The van der Waals surface area contributed by atoms with E-state index in [1.54, 1.807) is 11.3 Å². The lowest BCUT2D eigenvalue weighted by molar-refractivity contribution is -0.119. The quantitative estimate of drug-likeness (QED) is 0.875. The molecule has 1 amide bonds. The zero-order chi connectivity index (χ0) is 11.6. The maximum Gasteiger partial charge on any atom is 0.220 e. The van der Waals surface area contributed by atoms with Gasteiger partial charge < -0.3 is 5.32 Å². The molecule has 16 heavy (non-hydrogen) atoms. The second-order valence-electron chi connectivity index (χ2n) is 5.03. The molecule has 88 valence electrons. The minimum absolute atomic E-state index is 0.0386. The van der Waals surface area contributed by atoms with E-state index in [1.165, 1.54) is 0 Å². The predicted octanol–water partition coefficient (Wildman–Crippen LogP) is 2.38. The lowest BCUT2D eigenvalue weighted by Gasteiger charge is -2.30. The first-order valence-corrected chi connectivity index (χ1v) is 6.67.